The van der Waals surface area contributed by atoms with E-state index in [1.165, 1.54) is 22.9 Å². The highest BCUT2D eigenvalue weighted by Crippen LogP contribution is 2.15. The quantitative estimate of drug-likeness (QED) is 0.945. The van der Waals surface area contributed by atoms with E-state index in [0.717, 1.165) is 0 Å². The van der Waals surface area contributed by atoms with Gasteiger partial charge in [-0.2, -0.15) is 0 Å². The fraction of sp³-hybridized carbons (Fsp3) is 0.143. The molecule has 1 unspecified atom stereocenters. The second kappa shape index (κ2) is 6.11. The van der Waals surface area contributed by atoms with Gasteiger partial charge in [-0.05, 0) is 37.3 Å². The van der Waals surface area contributed by atoms with E-state index in [1.54, 1.807) is 31.2 Å². The number of benzene rings is 1. The molecule has 1 heterocycles. The first-order valence-corrected chi connectivity index (χ1v) is 6.67. The smallest absolute Gasteiger partial charge is 0.251 e. The van der Waals surface area contributed by atoms with E-state index >= 15 is 0 Å². The number of pyridine rings is 1. The molecule has 0 radical (unpaired) electrons. The Labute approximate surface area is 125 Å². The van der Waals surface area contributed by atoms with Crippen molar-refractivity contribution in [2.45, 2.75) is 13.0 Å². The molecular weight excluding hydrogens is 299 g/mol. The molecule has 0 aliphatic rings. The predicted octanol–water partition coefficient (Wildman–Crippen LogP) is 3.35. The lowest BCUT2D eigenvalue weighted by Crippen LogP contribution is -2.30. The predicted molar refractivity (Wildman–Crippen MR) is 80.5 cm³/mol. The molecule has 1 aromatic carbocycles. The third kappa shape index (κ3) is 3.40. The van der Waals surface area contributed by atoms with Crippen molar-refractivity contribution in [3.8, 4) is 0 Å². The van der Waals surface area contributed by atoms with E-state index in [1.807, 2.05) is 0 Å². The lowest BCUT2D eigenvalue weighted by molar-refractivity contribution is -0.118. The van der Waals surface area contributed by atoms with Crippen LogP contribution in [-0.4, -0.2) is 10.5 Å². The lowest BCUT2D eigenvalue weighted by atomic mass is 10.2. The Morgan fingerprint density at radius 2 is 1.70 bits per heavy atom. The molecular formula is C14H12Cl2N2O2. The van der Waals surface area contributed by atoms with Gasteiger partial charge >= 0.3 is 0 Å². The summed E-state index contributed by atoms with van der Waals surface area (Å²) in [6, 6.07) is 8.87. The standard InChI is InChI=1S/C14H12Cl2N2O2/c1-9(18-8-11(16)4-7-13(18)19)14(20)17-12-5-2-10(15)3-6-12/h2-9H,1H3,(H,17,20). The maximum absolute atomic E-state index is 12.1. The van der Waals surface area contributed by atoms with Crippen LogP contribution in [0, 0.1) is 0 Å². The number of anilines is 1. The largest absolute Gasteiger partial charge is 0.324 e. The van der Waals surface area contributed by atoms with Gasteiger partial charge in [0, 0.05) is 23.0 Å². The van der Waals surface area contributed by atoms with E-state index in [-0.39, 0.29) is 11.5 Å². The number of carbonyl (C=O) groups excluding carboxylic acids is 1. The number of rotatable bonds is 3. The molecule has 1 N–H and O–H groups in total. The van der Waals surface area contributed by atoms with Crippen molar-refractivity contribution in [3.63, 3.8) is 0 Å². The number of hydrogen-bond acceptors (Lipinski definition) is 2. The molecule has 1 aromatic heterocycles. The number of carbonyl (C=O) groups is 1. The maximum Gasteiger partial charge on any atom is 0.251 e. The molecule has 2 rings (SSSR count). The Kier molecular flexibility index (Phi) is 4.47. The van der Waals surface area contributed by atoms with Crippen LogP contribution in [0.25, 0.3) is 0 Å². The van der Waals surface area contributed by atoms with Crippen molar-refractivity contribution in [3.05, 3.63) is 63.0 Å². The molecule has 0 bridgehead atoms. The lowest BCUT2D eigenvalue weighted by Gasteiger charge is -2.15. The summed E-state index contributed by atoms with van der Waals surface area (Å²) in [7, 11) is 0. The summed E-state index contributed by atoms with van der Waals surface area (Å²) in [5.74, 6) is -0.309. The van der Waals surface area contributed by atoms with Gasteiger partial charge in [-0.1, -0.05) is 23.2 Å². The SMILES string of the molecule is CC(C(=O)Nc1ccc(Cl)cc1)n1cc(Cl)ccc1=O. The zero-order chi connectivity index (χ0) is 14.7. The molecule has 0 aliphatic heterocycles. The fourth-order valence-corrected chi connectivity index (χ4v) is 1.98. The Morgan fingerprint density at radius 1 is 1.10 bits per heavy atom. The summed E-state index contributed by atoms with van der Waals surface area (Å²) in [5.41, 5.74) is 0.328. The molecule has 0 spiro atoms. The van der Waals surface area contributed by atoms with Crippen LogP contribution in [0.2, 0.25) is 10.0 Å². The number of amides is 1. The third-order valence-corrected chi connectivity index (χ3v) is 3.29. The molecule has 2 aromatic rings. The maximum atomic E-state index is 12.1. The summed E-state index contributed by atoms with van der Waals surface area (Å²) < 4.78 is 1.29. The van der Waals surface area contributed by atoms with Crippen LogP contribution < -0.4 is 10.9 Å². The molecule has 0 aliphatic carbocycles. The minimum Gasteiger partial charge on any atom is -0.324 e. The van der Waals surface area contributed by atoms with Crippen molar-refractivity contribution in [2.24, 2.45) is 0 Å². The molecule has 6 heteroatoms. The molecule has 4 nitrogen and oxygen atoms in total. The van der Waals surface area contributed by atoms with Crippen LogP contribution in [-0.2, 0) is 4.79 Å². The summed E-state index contributed by atoms with van der Waals surface area (Å²) in [4.78, 5) is 23.8. The van der Waals surface area contributed by atoms with Gasteiger partial charge in [0.1, 0.15) is 6.04 Å². The van der Waals surface area contributed by atoms with Crippen molar-refractivity contribution >= 4 is 34.8 Å². The van der Waals surface area contributed by atoms with E-state index in [4.69, 9.17) is 23.2 Å². The van der Waals surface area contributed by atoms with Crippen LogP contribution in [0.3, 0.4) is 0 Å². The Bertz CT molecular complexity index is 680. The van der Waals surface area contributed by atoms with Crippen LogP contribution in [0.15, 0.2) is 47.4 Å². The van der Waals surface area contributed by atoms with E-state index in [9.17, 15) is 9.59 Å². The minimum absolute atomic E-state index is 0.284. The topological polar surface area (TPSA) is 51.1 Å². The number of nitrogens with zero attached hydrogens (tertiary/aromatic N) is 1. The average Bonchev–Trinajstić information content (AvgIpc) is 2.43. The fourth-order valence-electron chi connectivity index (χ4n) is 1.69. The van der Waals surface area contributed by atoms with Crippen LogP contribution in [0.5, 0.6) is 0 Å². The van der Waals surface area contributed by atoms with E-state index in [0.29, 0.717) is 15.7 Å². The number of aromatic nitrogens is 1. The molecule has 104 valence electrons. The molecule has 20 heavy (non-hydrogen) atoms. The van der Waals surface area contributed by atoms with Gasteiger partial charge in [-0.25, -0.2) is 0 Å². The summed E-state index contributed by atoms with van der Waals surface area (Å²) in [6.45, 7) is 1.63. The third-order valence-electron chi connectivity index (χ3n) is 2.81. The number of halogens is 2. The summed E-state index contributed by atoms with van der Waals surface area (Å²) in [5, 5.41) is 3.70. The number of nitrogens with one attached hydrogen (secondary N) is 1. The summed E-state index contributed by atoms with van der Waals surface area (Å²) >= 11 is 11.6. The van der Waals surface area contributed by atoms with E-state index < -0.39 is 6.04 Å². The van der Waals surface area contributed by atoms with Gasteiger partial charge in [-0.3, -0.25) is 9.59 Å². The Hall–Kier alpha value is -1.78. The van der Waals surface area contributed by atoms with Gasteiger partial charge in [0.15, 0.2) is 0 Å². The highest BCUT2D eigenvalue weighted by Gasteiger charge is 2.16. The second-order valence-corrected chi connectivity index (χ2v) is 5.14. The van der Waals surface area contributed by atoms with Gasteiger partial charge in [0.05, 0.1) is 5.02 Å². The van der Waals surface area contributed by atoms with Gasteiger partial charge < -0.3 is 9.88 Å². The first-order valence-electron chi connectivity index (χ1n) is 5.91. The van der Waals surface area contributed by atoms with Crippen LogP contribution in [0.4, 0.5) is 5.69 Å². The van der Waals surface area contributed by atoms with Gasteiger partial charge in [-0.15, -0.1) is 0 Å². The zero-order valence-corrected chi connectivity index (χ0v) is 12.2. The van der Waals surface area contributed by atoms with Crippen molar-refractivity contribution in [2.75, 3.05) is 5.32 Å². The molecule has 0 saturated heterocycles. The Morgan fingerprint density at radius 3 is 2.35 bits per heavy atom. The summed E-state index contributed by atoms with van der Waals surface area (Å²) in [6.07, 6.45) is 1.44. The highest BCUT2D eigenvalue weighted by atomic mass is 35.5. The van der Waals surface area contributed by atoms with Crippen molar-refractivity contribution < 1.29 is 4.79 Å². The molecule has 1 atom stereocenters. The molecule has 1 amide bonds. The highest BCUT2D eigenvalue weighted by molar-refractivity contribution is 6.30. The second-order valence-electron chi connectivity index (χ2n) is 4.26. The molecule has 0 fully saturated rings. The van der Waals surface area contributed by atoms with Crippen LogP contribution in [0.1, 0.15) is 13.0 Å². The van der Waals surface area contributed by atoms with Crippen molar-refractivity contribution in [1.82, 2.24) is 4.57 Å². The minimum atomic E-state index is -0.670. The van der Waals surface area contributed by atoms with Gasteiger partial charge in [0.2, 0.25) is 5.91 Å². The monoisotopic (exact) mass is 310 g/mol. The van der Waals surface area contributed by atoms with Crippen LogP contribution >= 0.6 is 23.2 Å². The van der Waals surface area contributed by atoms with Gasteiger partial charge in [0.25, 0.3) is 5.56 Å². The Balaban J connectivity index is 2.18. The first-order chi connectivity index (χ1) is 9.47. The van der Waals surface area contributed by atoms with E-state index in [2.05, 4.69) is 5.32 Å². The first kappa shape index (κ1) is 14.6. The zero-order valence-electron chi connectivity index (χ0n) is 10.6. The number of hydrogen-bond donors (Lipinski definition) is 1. The average molecular weight is 311 g/mol. The van der Waals surface area contributed by atoms with Crippen molar-refractivity contribution in [1.29, 1.82) is 0 Å². The molecule has 0 saturated carbocycles. The normalized spacial score (nSPS) is 11.9.